The molecule has 2 atom stereocenters. The smallest absolute Gasteiger partial charge is 0.271 e. The Morgan fingerprint density at radius 2 is 1.74 bits per heavy atom. The fraction of sp³-hybridized carbons (Fsp3) is 0.542. The van der Waals surface area contributed by atoms with E-state index in [1.165, 1.54) is 11.3 Å². The number of aromatic nitrogens is 1. The number of thiazole rings is 1. The summed E-state index contributed by atoms with van der Waals surface area (Å²) in [4.78, 5) is 29.4. The van der Waals surface area contributed by atoms with Gasteiger partial charge in [0.15, 0.2) is 0 Å². The van der Waals surface area contributed by atoms with E-state index >= 15 is 0 Å². The van der Waals surface area contributed by atoms with Crippen LogP contribution < -0.4 is 15.4 Å². The van der Waals surface area contributed by atoms with Crippen molar-refractivity contribution in [3.05, 3.63) is 45.4 Å². The normalized spacial score (nSPS) is 18.6. The van der Waals surface area contributed by atoms with Crippen LogP contribution in [0.5, 0.6) is 5.75 Å². The first kappa shape index (κ1) is 23.3. The third kappa shape index (κ3) is 7.06. The highest BCUT2D eigenvalue weighted by Gasteiger charge is 2.28. The summed E-state index contributed by atoms with van der Waals surface area (Å²) in [7, 11) is 0. The zero-order chi connectivity index (χ0) is 22.4. The van der Waals surface area contributed by atoms with Gasteiger partial charge < -0.3 is 15.4 Å². The molecule has 0 aliphatic heterocycles. The Morgan fingerprint density at radius 1 is 1.10 bits per heavy atom. The predicted molar refractivity (Wildman–Crippen MR) is 123 cm³/mol. The van der Waals surface area contributed by atoms with Crippen LogP contribution in [0.15, 0.2) is 23.6 Å². The molecular weight excluding hydrogens is 410 g/mol. The Morgan fingerprint density at radius 3 is 2.39 bits per heavy atom. The summed E-state index contributed by atoms with van der Waals surface area (Å²) in [6, 6.07) is 6.00. The largest absolute Gasteiger partial charge is 0.486 e. The van der Waals surface area contributed by atoms with Crippen molar-refractivity contribution >= 4 is 23.2 Å². The number of nitrogens with one attached hydrogen (secondary N) is 2. The van der Waals surface area contributed by atoms with Crippen LogP contribution in [0.4, 0.5) is 0 Å². The van der Waals surface area contributed by atoms with Crippen molar-refractivity contribution in [3.63, 3.8) is 0 Å². The fourth-order valence-electron chi connectivity index (χ4n) is 4.00. The van der Waals surface area contributed by atoms with Gasteiger partial charge in [-0.2, -0.15) is 0 Å². The van der Waals surface area contributed by atoms with Gasteiger partial charge in [-0.05, 0) is 55.9 Å². The lowest BCUT2D eigenvalue weighted by atomic mass is 9.90. The molecule has 2 aromatic rings. The molecule has 168 valence electrons. The molecule has 1 saturated carbocycles. The van der Waals surface area contributed by atoms with Gasteiger partial charge in [0, 0.05) is 23.9 Å². The lowest BCUT2D eigenvalue weighted by Gasteiger charge is -2.32. The van der Waals surface area contributed by atoms with Gasteiger partial charge in [-0.15, -0.1) is 11.3 Å². The molecule has 2 N–H and O–H groups in total. The third-order valence-corrected chi connectivity index (χ3v) is 6.19. The second kappa shape index (κ2) is 10.8. The van der Waals surface area contributed by atoms with Crippen molar-refractivity contribution < 1.29 is 14.3 Å². The average molecular weight is 444 g/mol. The second-order valence-electron chi connectivity index (χ2n) is 8.87. The third-order valence-electron chi connectivity index (χ3n) is 5.36. The number of carbonyl (C=O) groups excluding carboxylic acids is 2. The molecule has 1 aromatic carbocycles. The first-order chi connectivity index (χ1) is 14.8. The second-order valence-corrected chi connectivity index (χ2v) is 9.82. The molecule has 31 heavy (non-hydrogen) atoms. The van der Waals surface area contributed by atoms with Crippen molar-refractivity contribution in [1.82, 2.24) is 15.6 Å². The maximum Gasteiger partial charge on any atom is 0.271 e. The summed E-state index contributed by atoms with van der Waals surface area (Å²) in [6.07, 6.45) is 4.38. The zero-order valence-corrected chi connectivity index (χ0v) is 19.7. The van der Waals surface area contributed by atoms with Gasteiger partial charge in [-0.3, -0.25) is 9.59 Å². The molecular formula is C24H33N3O3S. The number of nitrogens with zero attached hydrogens (tertiary/aromatic N) is 1. The van der Waals surface area contributed by atoms with Crippen LogP contribution in [0, 0.1) is 19.8 Å². The average Bonchev–Trinajstić information content (AvgIpc) is 3.16. The monoisotopic (exact) mass is 443 g/mol. The van der Waals surface area contributed by atoms with Gasteiger partial charge in [0.1, 0.15) is 23.1 Å². The minimum atomic E-state index is -0.191. The summed E-state index contributed by atoms with van der Waals surface area (Å²) in [5.74, 6) is 0.987. The molecule has 0 spiro atoms. The van der Waals surface area contributed by atoms with E-state index in [4.69, 9.17) is 4.74 Å². The zero-order valence-electron chi connectivity index (χ0n) is 18.9. The Hall–Kier alpha value is -2.41. The van der Waals surface area contributed by atoms with Crippen molar-refractivity contribution in [2.75, 3.05) is 0 Å². The summed E-state index contributed by atoms with van der Waals surface area (Å²) in [5, 5.41) is 8.74. The van der Waals surface area contributed by atoms with E-state index in [1.54, 1.807) is 5.38 Å². The molecule has 1 fully saturated rings. The summed E-state index contributed by atoms with van der Waals surface area (Å²) < 4.78 is 5.86. The van der Waals surface area contributed by atoms with Crippen molar-refractivity contribution in [3.8, 4) is 5.75 Å². The molecule has 0 radical (unpaired) electrons. The van der Waals surface area contributed by atoms with E-state index in [2.05, 4.69) is 21.7 Å². The Kier molecular flexibility index (Phi) is 8.07. The maximum absolute atomic E-state index is 12.8. The van der Waals surface area contributed by atoms with E-state index in [0.29, 0.717) is 24.6 Å². The predicted octanol–water partition coefficient (Wildman–Crippen LogP) is 4.54. The molecule has 1 heterocycles. The minimum absolute atomic E-state index is 0.0186. The first-order valence-corrected chi connectivity index (χ1v) is 11.9. The molecule has 2 amide bonds. The van der Waals surface area contributed by atoms with Gasteiger partial charge in [-0.25, -0.2) is 4.98 Å². The Labute approximate surface area is 188 Å². The first-order valence-electron chi connectivity index (χ1n) is 11.1. The Balaban J connectivity index is 1.56. The van der Waals surface area contributed by atoms with Gasteiger partial charge in [-0.1, -0.05) is 32.8 Å². The number of amides is 2. The van der Waals surface area contributed by atoms with Crippen molar-refractivity contribution in [1.29, 1.82) is 0 Å². The standard InChI is InChI=1S/C24H33N3O3S/c1-15(2)9-22(28)25-19-7-5-6-8-20(19)27-24(29)21-14-31-23(26-21)13-30-18-11-16(3)10-17(4)12-18/h10-12,14-15,19-20H,5-9,13H2,1-4H3,(H,25,28)(H,27,29)/t19-,20+/m0/s1. The molecule has 1 aromatic heterocycles. The number of hydrogen-bond acceptors (Lipinski definition) is 5. The molecule has 0 unspecified atom stereocenters. The molecule has 0 saturated heterocycles. The highest BCUT2D eigenvalue weighted by Crippen LogP contribution is 2.21. The SMILES string of the molecule is Cc1cc(C)cc(OCc2nc(C(=O)N[C@@H]3CCCC[C@@H]3NC(=O)CC(C)C)cs2)c1. The van der Waals surface area contributed by atoms with E-state index < -0.39 is 0 Å². The molecule has 1 aliphatic rings. The molecule has 3 rings (SSSR count). The fourth-order valence-corrected chi connectivity index (χ4v) is 4.68. The highest BCUT2D eigenvalue weighted by molar-refractivity contribution is 7.09. The topological polar surface area (TPSA) is 80.3 Å². The Bertz CT molecular complexity index is 889. The maximum atomic E-state index is 12.8. The molecule has 6 nitrogen and oxygen atoms in total. The van der Waals surface area contributed by atoms with Crippen LogP contribution in [-0.4, -0.2) is 28.9 Å². The number of ether oxygens (including phenoxy) is 1. The van der Waals surface area contributed by atoms with E-state index in [-0.39, 0.29) is 23.9 Å². The van der Waals surface area contributed by atoms with Gasteiger partial charge in [0.2, 0.25) is 5.91 Å². The van der Waals surface area contributed by atoms with Crippen LogP contribution in [0.1, 0.15) is 72.6 Å². The molecule has 1 aliphatic carbocycles. The van der Waals surface area contributed by atoms with Crippen LogP contribution in [0.25, 0.3) is 0 Å². The van der Waals surface area contributed by atoms with Crippen LogP contribution in [0.3, 0.4) is 0 Å². The molecule has 7 heteroatoms. The van der Waals surface area contributed by atoms with Gasteiger partial charge >= 0.3 is 0 Å². The number of carbonyl (C=O) groups is 2. The lowest BCUT2D eigenvalue weighted by Crippen LogP contribution is -2.53. The number of hydrogen-bond donors (Lipinski definition) is 2. The van der Waals surface area contributed by atoms with Crippen LogP contribution in [0.2, 0.25) is 0 Å². The van der Waals surface area contributed by atoms with E-state index in [9.17, 15) is 9.59 Å². The van der Waals surface area contributed by atoms with Crippen molar-refractivity contribution in [2.45, 2.75) is 78.5 Å². The number of rotatable bonds is 8. The number of benzene rings is 1. The van der Waals surface area contributed by atoms with Crippen LogP contribution in [-0.2, 0) is 11.4 Å². The quantitative estimate of drug-likeness (QED) is 0.628. The van der Waals surface area contributed by atoms with Gasteiger partial charge in [0.25, 0.3) is 5.91 Å². The van der Waals surface area contributed by atoms with Crippen LogP contribution >= 0.6 is 11.3 Å². The number of aryl methyl sites for hydroxylation is 2. The van der Waals surface area contributed by atoms with Gasteiger partial charge in [0.05, 0.1) is 0 Å². The summed E-state index contributed by atoms with van der Waals surface area (Å²) in [6.45, 7) is 8.47. The minimum Gasteiger partial charge on any atom is -0.486 e. The van der Waals surface area contributed by atoms with E-state index in [0.717, 1.165) is 47.6 Å². The summed E-state index contributed by atoms with van der Waals surface area (Å²) >= 11 is 1.42. The highest BCUT2D eigenvalue weighted by atomic mass is 32.1. The van der Waals surface area contributed by atoms with Crippen molar-refractivity contribution in [2.24, 2.45) is 5.92 Å². The summed E-state index contributed by atoms with van der Waals surface area (Å²) in [5.41, 5.74) is 2.70. The van der Waals surface area contributed by atoms with E-state index in [1.807, 2.05) is 39.8 Å². The molecule has 0 bridgehead atoms. The lowest BCUT2D eigenvalue weighted by molar-refractivity contribution is -0.122.